The van der Waals surface area contributed by atoms with Gasteiger partial charge in [0, 0.05) is 6.42 Å². The average Bonchev–Trinajstić information content (AvgIpc) is 2.40. The van der Waals surface area contributed by atoms with Crippen molar-refractivity contribution in [1.29, 1.82) is 0 Å². The van der Waals surface area contributed by atoms with Gasteiger partial charge in [-0.15, -0.1) is 0 Å². The lowest BCUT2D eigenvalue weighted by molar-refractivity contribution is -0.116. The van der Waals surface area contributed by atoms with Crippen LogP contribution in [-0.4, -0.2) is 5.78 Å². The van der Waals surface area contributed by atoms with E-state index in [9.17, 15) is 4.79 Å². The predicted molar refractivity (Wildman–Crippen MR) is 80.3 cm³/mol. The summed E-state index contributed by atoms with van der Waals surface area (Å²) in [6.45, 7) is 3.83. The molecule has 0 bridgehead atoms. The van der Waals surface area contributed by atoms with Gasteiger partial charge in [-0.3, -0.25) is 4.79 Å². The molecule has 0 radical (unpaired) electrons. The number of hydrogen-bond acceptors (Lipinski definition) is 1. The number of ketones is 1. The lowest BCUT2D eigenvalue weighted by atomic mass is 9.95. The molecule has 98 valence electrons. The van der Waals surface area contributed by atoms with Crippen LogP contribution in [-0.2, 0) is 17.6 Å². The molecule has 0 aliphatic carbocycles. The van der Waals surface area contributed by atoms with E-state index in [1.165, 1.54) is 23.1 Å². The van der Waals surface area contributed by atoms with Gasteiger partial charge in [-0.25, -0.2) is 0 Å². The molecule has 1 nitrogen and oxygen atoms in total. The summed E-state index contributed by atoms with van der Waals surface area (Å²) in [5.74, 6) is 0.204. The first-order valence-electron chi connectivity index (χ1n) is 6.87. The molecule has 1 heteroatoms. The number of Topliss-reactive ketones (excluding diaryl/α,β-unsaturated/α-hetero) is 1. The van der Waals surface area contributed by atoms with Gasteiger partial charge in [0.2, 0.25) is 0 Å². The Morgan fingerprint density at radius 1 is 1.00 bits per heavy atom. The highest BCUT2D eigenvalue weighted by Gasteiger charge is 2.06. The van der Waals surface area contributed by atoms with Crippen molar-refractivity contribution in [3.8, 4) is 11.1 Å². The zero-order valence-electron chi connectivity index (χ0n) is 11.6. The summed E-state index contributed by atoms with van der Waals surface area (Å²) in [5.41, 5.74) is 4.84. The zero-order chi connectivity index (χ0) is 13.7. The maximum atomic E-state index is 11.3. The second-order valence-electron chi connectivity index (χ2n) is 4.98. The van der Waals surface area contributed by atoms with E-state index in [2.05, 4.69) is 37.3 Å². The normalized spacial score (nSPS) is 10.4. The summed E-state index contributed by atoms with van der Waals surface area (Å²) < 4.78 is 0. The minimum absolute atomic E-state index is 0.204. The highest BCUT2D eigenvalue weighted by atomic mass is 16.1. The predicted octanol–water partition coefficient (Wildman–Crippen LogP) is 4.44. The fourth-order valence-electron chi connectivity index (χ4n) is 2.36. The van der Waals surface area contributed by atoms with E-state index in [0.717, 1.165) is 12.0 Å². The van der Waals surface area contributed by atoms with Crippen LogP contribution in [0.1, 0.15) is 31.4 Å². The van der Waals surface area contributed by atoms with Gasteiger partial charge in [-0.05, 0) is 35.6 Å². The Balaban J connectivity index is 2.32. The molecule has 0 unspecified atom stereocenters. The Kier molecular flexibility index (Phi) is 4.51. The molecular formula is C18H20O. The summed E-state index contributed by atoms with van der Waals surface area (Å²) in [4.78, 5) is 11.3. The molecule has 0 aliphatic heterocycles. The van der Waals surface area contributed by atoms with Gasteiger partial charge in [-0.1, -0.05) is 61.9 Å². The second kappa shape index (κ2) is 6.33. The minimum Gasteiger partial charge on any atom is -0.300 e. The van der Waals surface area contributed by atoms with Gasteiger partial charge >= 0.3 is 0 Å². The first kappa shape index (κ1) is 13.5. The number of carbonyl (C=O) groups is 1. The molecule has 0 saturated heterocycles. The summed E-state index contributed by atoms with van der Waals surface area (Å²) >= 11 is 0. The molecule has 2 aromatic carbocycles. The maximum Gasteiger partial charge on any atom is 0.134 e. The number of aryl methyl sites for hydroxylation is 1. The molecule has 0 atom stereocenters. The van der Waals surface area contributed by atoms with Gasteiger partial charge in [0.05, 0.1) is 0 Å². The molecule has 0 aliphatic rings. The first-order chi connectivity index (χ1) is 9.20. The standard InChI is InChI=1S/C18H20O/c1-3-6-15-9-11-16(12-10-15)18-8-5-4-7-17(18)13-14(2)19/h4-5,7-12H,3,6,13H2,1-2H3. The third-order valence-electron chi connectivity index (χ3n) is 3.26. The molecule has 2 aromatic rings. The maximum absolute atomic E-state index is 11.3. The largest absolute Gasteiger partial charge is 0.300 e. The Morgan fingerprint density at radius 3 is 2.32 bits per heavy atom. The molecular weight excluding hydrogens is 232 g/mol. The lowest BCUT2D eigenvalue weighted by Crippen LogP contribution is -1.98. The number of hydrogen-bond donors (Lipinski definition) is 0. The van der Waals surface area contributed by atoms with Crippen LogP contribution < -0.4 is 0 Å². The Labute approximate surface area is 115 Å². The monoisotopic (exact) mass is 252 g/mol. The van der Waals surface area contributed by atoms with Crippen LogP contribution in [0.25, 0.3) is 11.1 Å². The van der Waals surface area contributed by atoms with Crippen LogP contribution in [0.5, 0.6) is 0 Å². The third-order valence-corrected chi connectivity index (χ3v) is 3.26. The minimum atomic E-state index is 0.204. The van der Waals surface area contributed by atoms with Gasteiger partial charge in [0.1, 0.15) is 5.78 Å². The topological polar surface area (TPSA) is 17.1 Å². The molecule has 0 amide bonds. The van der Waals surface area contributed by atoms with Crippen molar-refractivity contribution in [2.45, 2.75) is 33.1 Å². The smallest absolute Gasteiger partial charge is 0.134 e. The van der Waals surface area contributed by atoms with Crippen LogP contribution in [0, 0.1) is 0 Å². The third kappa shape index (κ3) is 3.54. The molecule has 0 spiro atoms. The van der Waals surface area contributed by atoms with Crippen LogP contribution in [0.4, 0.5) is 0 Å². The van der Waals surface area contributed by atoms with Gasteiger partial charge in [0.25, 0.3) is 0 Å². The number of rotatable bonds is 5. The van der Waals surface area contributed by atoms with E-state index >= 15 is 0 Å². The van der Waals surface area contributed by atoms with Crippen molar-refractivity contribution in [3.05, 3.63) is 59.7 Å². The van der Waals surface area contributed by atoms with Crippen molar-refractivity contribution >= 4 is 5.78 Å². The van der Waals surface area contributed by atoms with Crippen LogP contribution >= 0.6 is 0 Å². The molecule has 19 heavy (non-hydrogen) atoms. The van der Waals surface area contributed by atoms with Crippen LogP contribution in [0.15, 0.2) is 48.5 Å². The van der Waals surface area contributed by atoms with E-state index in [0.29, 0.717) is 6.42 Å². The van der Waals surface area contributed by atoms with Crippen molar-refractivity contribution in [2.75, 3.05) is 0 Å². The van der Waals surface area contributed by atoms with Crippen molar-refractivity contribution in [3.63, 3.8) is 0 Å². The Hall–Kier alpha value is -1.89. The molecule has 0 aromatic heterocycles. The summed E-state index contributed by atoms with van der Waals surface area (Å²) in [6, 6.07) is 16.8. The zero-order valence-corrected chi connectivity index (χ0v) is 11.6. The quantitative estimate of drug-likeness (QED) is 0.769. The molecule has 0 heterocycles. The van der Waals surface area contributed by atoms with E-state index in [1.807, 2.05) is 18.2 Å². The number of carbonyl (C=O) groups excluding carboxylic acids is 1. The average molecular weight is 252 g/mol. The van der Waals surface area contributed by atoms with Crippen molar-refractivity contribution in [1.82, 2.24) is 0 Å². The van der Waals surface area contributed by atoms with E-state index in [-0.39, 0.29) is 5.78 Å². The molecule has 0 fully saturated rings. The Bertz CT molecular complexity index is 552. The van der Waals surface area contributed by atoms with Crippen LogP contribution in [0.3, 0.4) is 0 Å². The van der Waals surface area contributed by atoms with Crippen molar-refractivity contribution < 1.29 is 4.79 Å². The second-order valence-corrected chi connectivity index (χ2v) is 4.98. The first-order valence-corrected chi connectivity index (χ1v) is 6.87. The number of benzene rings is 2. The van der Waals surface area contributed by atoms with Crippen molar-refractivity contribution in [2.24, 2.45) is 0 Å². The lowest BCUT2D eigenvalue weighted by Gasteiger charge is -2.09. The van der Waals surface area contributed by atoms with Gasteiger partial charge < -0.3 is 0 Å². The summed E-state index contributed by atoms with van der Waals surface area (Å²) in [5, 5.41) is 0. The SMILES string of the molecule is CCCc1ccc(-c2ccccc2CC(C)=O)cc1. The summed E-state index contributed by atoms with van der Waals surface area (Å²) in [6.07, 6.45) is 2.79. The molecule has 2 rings (SSSR count). The molecule has 0 saturated carbocycles. The fraction of sp³-hybridized carbons (Fsp3) is 0.278. The van der Waals surface area contributed by atoms with Gasteiger partial charge in [-0.2, -0.15) is 0 Å². The highest BCUT2D eigenvalue weighted by molar-refractivity contribution is 5.81. The van der Waals surface area contributed by atoms with Gasteiger partial charge in [0.15, 0.2) is 0 Å². The highest BCUT2D eigenvalue weighted by Crippen LogP contribution is 2.24. The Morgan fingerprint density at radius 2 is 1.68 bits per heavy atom. The van der Waals surface area contributed by atoms with Crippen LogP contribution in [0.2, 0.25) is 0 Å². The fourth-order valence-corrected chi connectivity index (χ4v) is 2.36. The summed E-state index contributed by atoms with van der Waals surface area (Å²) in [7, 11) is 0. The van der Waals surface area contributed by atoms with E-state index in [1.54, 1.807) is 6.92 Å². The van der Waals surface area contributed by atoms with E-state index < -0.39 is 0 Å². The molecule has 0 N–H and O–H groups in total. The van der Waals surface area contributed by atoms with E-state index in [4.69, 9.17) is 0 Å².